The molecule has 1 aliphatic carbocycles. The van der Waals surface area contributed by atoms with Crippen LogP contribution in [0, 0.1) is 11.8 Å². The summed E-state index contributed by atoms with van der Waals surface area (Å²) in [6.07, 6.45) is 1.43. The molecule has 3 N–H and O–H groups in total. The maximum atomic E-state index is 12.9. The van der Waals surface area contributed by atoms with Crippen LogP contribution in [0.4, 0.5) is 4.79 Å². The second-order valence-electron chi connectivity index (χ2n) is 8.60. The zero-order valence-electron chi connectivity index (χ0n) is 20.2. The van der Waals surface area contributed by atoms with Crippen LogP contribution in [0.2, 0.25) is 0 Å². The average Bonchev–Trinajstić information content (AvgIpc) is 3.17. The number of alkyl carbamates (subject to hydrolysis) is 1. The third-order valence-corrected chi connectivity index (χ3v) is 6.11. The van der Waals surface area contributed by atoms with Gasteiger partial charge in [0.05, 0.1) is 6.42 Å². The van der Waals surface area contributed by atoms with Crippen molar-refractivity contribution >= 4 is 18.0 Å². The molecule has 7 heteroatoms. The number of amides is 2. The number of unbranched alkanes of at least 4 members (excludes halogenated alkanes) is 1. The van der Waals surface area contributed by atoms with Gasteiger partial charge in [0.2, 0.25) is 5.91 Å². The first-order chi connectivity index (χ1) is 16.9. The first-order valence-corrected chi connectivity index (χ1v) is 12.0. The molecule has 7 nitrogen and oxygen atoms in total. The molecule has 2 aromatic carbocycles. The maximum Gasteiger partial charge on any atom is 0.407 e. The van der Waals surface area contributed by atoms with Gasteiger partial charge < -0.3 is 20.5 Å². The molecule has 0 bridgehead atoms. The summed E-state index contributed by atoms with van der Waals surface area (Å²) in [6.45, 7) is 3.78. The Hall–Kier alpha value is -3.79. The molecule has 0 aliphatic heterocycles. The monoisotopic (exact) mass is 476 g/mol. The van der Waals surface area contributed by atoms with Crippen molar-refractivity contribution in [3.63, 3.8) is 0 Å². The molecule has 2 amide bonds. The summed E-state index contributed by atoms with van der Waals surface area (Å²) in [5, 5.41) is 14.5. The molecular formula is C28H32N2O5. The van der Waals surface area contributed by atoms with Gasteiger partial charge in [-0.25, -0.2) is 4.79 Å². The van der Waals surface area contributed by atoms with Crippen LogP contribution in [-0.2, 0) is 14.3 Å². The summed E-state index contributed by atoms with van der Waals surface area (Å²) < 4.78 is 5.56. The van der Waals surface area contributed by atoms with Crippen LogP contribution in [0.3, 0.4) is 0 Å². The van der Waals surface area contributed by atoms with Gasteiger partial charge in [0.25, 0.3) is 0 Å². The fraction of sp³-hybridized carbons (Fsp3) is 0.393. The first kappa shape index (κ1) is 25.8. The van der Waals surface area contributed by atoms with Gasteiger partial charge >= 0.3 is 12.1 Å². The van der Waals surface area contributed by atoms with Crippen molar-refractivity contribution in [1.82, 2.24) is 10.6 Å². The van der Waals surface area contributed by atoms with E-state index in [-0.39, 0.29) is 25.4 Å². The Kier molecular flexibility index (Phi) is 9.31. The Bertz CT molecular complexity index is 1070. The number of hydrogen-bond donors (Lipinski definition) is 3. The highest BCUT2D eigenvalue weighted by molar-refractivity contribution is 5.86. The normalized spacial score (nSPS) is 13.4. The van der Waals surface area contributed by atoms with E-state index >= 15 is 0 Å². The van der Waals surface area contributed by atoms with Gasteiger partial charge in [-0.05, 0) is 35.6 Å². The molecule has 1 aliphatic rings. The Morgan fingerprint density at radius 1 is 1.03 bits per heavy atom. The van der Waals surface area contributed by atoms with Gasteiger partial charge in [-0.3, -0.25) is 9.59 Å². The quantitative estimate of drug-likeness (QED) is 0.416. The second-order valence-corrected chi connectivity index (χ2v) is 8.60. The molecular weight excluding hydrogens is 444 g/mol. The van der Waals surface area contributed by atoms with Gasteiger partial charge in [-0.2, -0.15) is 0 Å². The van der Waals surface area contributed by atoms with Crippen molar-refractivity contribution in [2.75, 3.05) is 6.61 Å². The third kappa shape index (κ3) is 6.86. The van der Waals surface area contributed by atoms with Crippen LogP contribution in [0.1, 0.15) is 63.0 Å². The predicted octanol–water partition coefficient (Wildman–Crippen LogP) is 4.46. The number of nitrogens with one attached hydrogen (secondary N) is 2. The van der Waals surface area contributed by atoms with E-state index in [4.69, 9.17) is 4.74 Å². The van der Waals surface area contributed by atoms with Crippen LogP contribution in [0.15, 0.2) is 48.5 Å². The smallest absolute Gasteiger partial charge is 0.407 e. The molecule has 0 saturated heterocycles. The van der Waals surface area contributed by atoms with Crippen LogP contribution in [0.5, 0.6) is 0 Å². The lowest BCUT2D eigenvalue weighted by atomic mass is 9.98. The third-order valence-electron chi connectivity index (χ3n) is 6.11. The number of aliphatic carboxylic acids is 1. The molecule has 0 heterocycles. The largest absolute Gasteiger partial charge is 0.481 e. The van der Waals surface area contributed by atoms with E-state index in [1.54, 1.807) is 6.92 Å². The molecule has 184 valence electrons. The zero-order valence-corrected chi connectivity index (χ0v) is 20.2. The number of carboxylic acids is 1. The van der Waals surface area contributed by atoms with Gasteiger partial charge in [0, 0.05) is 18.4 Å². The van der Waals surface area contributed by atoms with Crippen molar-refractivity contribution in [3.05, 3.63) is 59.7 Å². The van der Waals surface area contributed by atoms with Crippen molar-refractivity contribution in [3.8, 4) is 23.0 Å². The fourth-order valence-electron chi connectivity index (χ4n) is 4.38. The minimum Gasteiger partial charge on any atom is -0.481 e. The van der Waals surface area contributed by atoms with E-state index in [1.807, 2.05) is 43.3 Å². The van der Waals surface area contributed by atoms with Crippen LogP contribution in [-0.4, -0.2) is 41.8 Å². The standard InChI is InChI=1S/C28H32N2O5/c1-3-5-11-19(17-26(31)32)29-27(33)25(16-6-4-2)30-28(34)35-18-24-22-14-9-7-12-20(22)21-13-8-10-15-23(21)24/h7-10,12-15,19,24-25H,3,5,11,16-18H2,1-2H3,(H,29,33)(H,30,34)(H,31,32). The number of hydrogen-bond acceptors (Lipinski definition) is 4. The molecule has 0 aromatic heterocycles. The van der Waals surface area contributed by atoms with Gasteiger partial charge in [-0.1, -0.05) is 68.3 Å². The number of carbonyl (C=O) groups excluding carboxylic acids is 2. The lowest BCUT2D eigenvalue weighted by Crippen LogP contribution is -2.50. The van der Waals surface area contributed by atoms with Crippen molar-refractivity contribution < 1.29 is 24.2 Å². The summed E-state index contributed by atoms with van der Waals surface area (Å²) in [6, 6.07) is 14.6. The molecule has 2 unspecified atom stereocenters. The van der Waals surface area contributed by atoms with E-state index in [0.717, 1.165) is 35.1 Å². The SMILES string of the molecule is CC#CCC(NC(=O)OCC1c2ccccc2-c2ccccc21)C(=O)NC(CCCC)CC(=O)O. The summed E-state index contributed by atoms with van der Waals surface area (Å²) >= 11 is 0. The number of fused-ring (bicyclic) bond motifs is 3. The topological polar surface area (TPSA) is 105 Å². The molecule has 0 saturated carbocycles. The summed E-state index contributed by atoms with van der Waals surface area (Å²) in [5.74, 6) is 4.00. The molecule has 3 rings (SSSR count). The number of benzene rings is 2. The van der Waals surface area contributed by atoms with E-state index in [9.17, 15) is 19.5 Å². The van der Waals surface area contributed by atoms with Crippen LogP contribution in [0.25, 0.3) is 11.1 Å². The fourth-order valence-corrected chi connectivity index (χ4v) is 4.38. The highest BCUT2D eigenvalue weighted by Crippen LogP contribution is 2.44. The van der Waals surface area contributed by atoms with Gasteiger partial charge in [0.1, 0.15) is 12.6 Å². The molecule has 0 radical (unpaired) electrons. The Balaban J connectivity index is 1.65. The lowest BCUT2D eigenvalue weighted by molar-refractivity contribution is -0.137. The molecule has 2 atom stereocenters. The molecule has 0 fully saturated rings. The van der Waals surface area contributed by atoms with Crippen molar-refractivity contribution in [2.45, 2.75) is 64.0 Å². The van der Waals surface area contributed by atoms with Crippen LogP contribution >= 0.6 is 0 Å². The van der Waals surface area contributed by atoms with E-state index in [2.05, 4.69) is 34.6 Å². The maximum absolute atomic E-state index is 12.9. The van der Waals surface area contributed by atoms with Crippen molar-refractivity contribution in [2.24, 2.45) is 0 Å². The van der Waals surface area contributed by atoms with Crippen molar-refractivity contribution in [1.29, 1.82) is 0 Å². The van der Waals surface area contributed by atoms with Gasteiger partial charge in [0.15, 0.2) is 0 Å². The second kappa shape index (κ2) is 12.6. The molecule has 0 spiro atoms. The molecule has 2 aromatic rings. The summed E-state index contributed by atoms with van der Waals surface area (Å²) in [4.78, 5) is 36.8. The Morgan fingerprint density at radius 3 is 2.23 bits per heavy atom. The summed E-state index contributed by atoms with van der Waals surface area (Å²) in [7, 11) is 0. The minimum absolute atomic E-state index is 0.0927. The highest BCUT2D eigenvalue weighted by atomic mass is 16.5. The Morgan fingerprint density at radius 2 is 1.66 bits per heavy atom. The van der Waals surface area contributed by atoms with E-state index < -0.39 is 30.1 Å². The highest BCUT2D eigenvalue weighted by Gasteiger charge is 2.30. The van der Waals surface area contributed by atoms with E-state index in [0.29, 0.717) is 6.42 Å². The minimum atomic E-state index is -0.985. The molecule has 35 heavy (non-hydrogen) atoms. The Labute approximate surface area is 206 Å². The number of ether oxygens (including phenoxy) is 1. The summed E-state index contributed by atoms with van der Waals surface area (Å²) in [5.41, 5.74) is 4.45. The number of carbonyl (C=O) groups is 3. The zero-order chi connectivity index (χ0) is 25.2. The van der Waals surface area contributed by atoms with Gasteiger partial charge in [-0.15, -0.1) is 11.8 Å². The first-order valence-electron chi connectivity index (χ1n) is 12.0. The number of carboxylic acid groups (broad SMARTS) is 1. The van der Waals surface area contributed by atoms with E-state index in [1.165, 1.54) is 0 Å². The average molecular weight is 477 g/mol. The number of rotatable bonds is 11. The predicted molar refractivity (Wildman–Crippen MR) is 134 cm³/mol. The lowest BCUT2D eigenvalue weighted by Gasteiger charge is -2.22. The van der Waals surface area contributed by atoms with Crippen LogP contribution < -0.4 is 10.6 Å².